The maximum absolute atomic E-state index is 12.4. The molecule has 0 saturated heterocycles. The molecule has 0 fully saturated rings. The minimum atomic E-state index is -1.26. The van der Waals surface area contributed by atoms with Crippen molar-refractivity contribution in [3.05, 3.63) is 39.9 Å². The van der Waals surface area contributed by atoms with E-state index in [4.69, 9.17) is 9.47 Å². The first-order chi connectivity index (χ1) is 11.8. The van der Waals surface area contributed by atoms with Gasteiger partial charge < -0.3 is 9.47 Å². The van der Waals surface area contributed by atoms with Gasteiger partial charge in [0.1, 0.15) is 0 Å². The van der Waals surface area contributed by atoms with Crippen LogP contribution in [0.3, 0.4) is 0 Å². The summed E-state index contributed by atoms with van der Waals surface area (Å²) in [4.78, 5) is 46.9. The number of esters is 2. The van der Waals surface area contributed by atoms with Crippen LogP contribution in [-0.4, -0.2) is 35.9 Å². The predicted molar refractivity (Wildman–Crippen MR) is 88.0 cm³/mol. The Kier molecular flexibility index (Phi) is 7.71. The topological polar surface area (TPSA) is 113 Å². The minimum Gasteiger partial charge on any atom is -0.465 e. The van der Waals surface area contributed by atoms with Crippen molar-refractivity contribution >= 4 is 23.4 Å². The van der Waals surface area contributed by atoms with Gasteiger partial charge in [0.15, 0.2) is 11.7 Å². The van der Waals surface area contributed by atoms with Gasteiger partial charge in [0.05, 0.1) is 23.7 Å². The lowest BCUT2D eigenvalue weighted by molar-refractivity contribution is -0.385. The highest BCUT2D eigenvalue weighted by Gasteiger charge is 2.36. The molecule has 0 bridgehead atoms. The van der Waals surface area contributed by atoms with Crippen LogP contribution in [0, 0.1) is 22.0 Å². The van der Waals surface area contributed by atoms with Crippen molar-refractivity contribution in [2.45, 2.75) is 27.2 Å². The van der Waals surface area contributed by atoms with Crippen LogP contribution >= 0.6 is 0 Å². The Balaban J connectivity index is 3.01. The van der Waals surface area contributed by atoms with Gasteiger partial charge in [0, 0.05) is 12.5 Å². The van der Waals surface area contributed by atoms with Gasteiger partial charge in [-0.1, -0.05) is 19.1 Å². The zero-order valence-electron chi connectivity index (χ0n) is 14.4. The van der Waals surface area contributed by atoms with Crippen LogP contribution in [0.4, 0.5) is 5.69 Å². The largest absolute Gasteiger partial charge is 0.465 e. The molecule has 1 rings (SSSR count). The smallest absolute Gasteiger partial charge is 0.320 e. The van der Waals surface area contributed by atoms with E-state index in [1.54, 1.807) is 13.8 Å². The third-order valence-corrected chi connectivity index (χ3v) is 3.56. The summed E-state index contributed by atoms with van der Waals surface area (Å²) in [7, 11) is 0. The Bertz CT molecular complexity index is 638. The van der Waals surface area contributed by atoms with Gasteiger partial charge >= 0.3 is 11.9 Å². The Morgan fingerprint density at radius 1 is 1.08 bits per heavy atom. The third-order valence-electron chi connectivity index (χ3n) is 3.56. The van der Waals surface area contributed by atoms with Crippen LogP contribution in [0.25, 0.3) is 0 Å². The van der Waals surface area contributed by atoms with Gasteiger partial charge in [-0.05, 0) is 25.8 Å². The summed E-state index contributed by atoms with van der Waals surface area (Å²) < 4.78 is 9.77. The number of nitro benzene ring substituents is 1. The number of hydrogen-bond donors (Lipinski definition) is 0. The maximum Gasteiger partial charge on any atom is 0.320 e. The van der Waals surface area contributed by atoms with Crippen LogP contribution < -0.4 is 0 Å². The highest BCUT2D eigenvalue weighted by molar-refractivity contribution is 6.01. The summed E-state index contributed by atoms with van der Waals surface area (Å²) in [6.45, 7) is 4.90. The van der Waals surface area contributed by atoms with E-state index in [0.29, 0.717) is 0 Å². The molecule has 0 aromatic heterocycles. The molecule has 8 nitrogen and oxygen atoms in total. The molecule has 0 aliphatic rings. The number of nitro groups is 1. The lowest BCUT2D eigenvalue weighted by Gasteiger charge is -2.20. The lowest BCUT2D eigenvalue weighted by Crippen LogP contribution is -2.34. The van der Waals surface area contributed by atoms with Gasteiger partial charge in [0.2, 0.25) is 0 Å². The number of nitrogens with zero attached hydrogens (tertiary/aromatic N) is 1. The van der Waals surface area contributed by atoms with Gasteiger partial charge in [-0.2, -0.15) is 0 Å². The number of benzene rings is 1. The summed E-state index contributed by atoms with van der Waals surface area (Å²) in [5.41, 5.74) is -0.380. The first-order valence-corrected chi connectivity index (χ1v) is 7.93. The van der Waals surface area contributed by atoms with E-state index in [9.17, 15) is 24.5 Å². The quantitative estimate of drug-likeness (QED) is 0.221. The molecule has 1 unspecified atom stereocenters. The van der Waals surface area contributed by atoms with Crippen molar-refractivity contribution in [1.29, 1.82) is 0 Å². The second kappa shape index (κ2) is 9.51. The van der Waals surface area contributed by atoms with Crippen molar-refractivity contribution in [3.8, 4) is 0 Å². The molecular formula is C17H21NO7. The highest BCUT2D eigenvalue weighted by Crippen LogP contribution is 2.25. The maximum atomic E-state index is 12.4. The van der Waals surface area contributed by atoms with E-state index in [1.165, 1.54) is 31.2 Å². The number of para-hydroxylation sites is 1. The van der Waals surface area contributed by atoms with Crippen LogP contribution in [0.2, 0.25) is 0 Å². The van der Waals surface area contributed by atoms with E-state index in [2.05, 4.69) is 0 Å². The van der Waals surface area contributed by atoms with Crippen molar-refractivity contribution in [2.75, 3.05) is 13.2 Å². The molecule has 0 aliphatic carbocycles. The van der Waals surface area contributed by atoms with Crippen LogP contribution in [0.5, 0.6) is 0 Å². The van der Waals surface area contributed by atoms with E-state index in [1.807, 2.05) is 0 Å². The molecule has 25 heavy (non-hydrogen) atoms. The number of carbonyl (C=O) groups excluding carboxylic acids is 3. The van der Waals surface area contributed by atoms with Crippen molar-refractivity contribution in [3.63, 3.8) is 0 Å². The number of rotatable bonds is 9. The molecule has 1 aromatic carbocycles. The zero-order valence-corrected chi connectivity index (χ0v) is 14.4. The molecule has 8 heteroatoms. The summed E-state index contributed by atoms with van der Waals surface area (Å²) in [5.74, 6) is -4.07. The van der Waals surface area contributed by atoms with E-state index < -0.39 is 34.5 Å². The Hall–Kier alpha value is -2.77. The first kappa shape index (κ1) is 20.3. The molecule has 0 saturated carbocycles. The number of Topliss-reactive ketones (excluding diaryl/α,β-unsaturated/α-hetero) is 1. The molecule has 1 aromatic rings. The minimum absolute atomic E-state index is 0.0641. The van der Waals surface area contributed by atoms with E-state index in [-0.39, 0.29) is 30.9 Å². The molecule has 0 radical (unpaired) electrons. The normalized spacial score (nSPS) is 11.7. The monoisotopic (exact) mass is 351 g/mol. The van der Waals surface area contributed by atoms with Gasteiger partial charge in [-0.15, -0.1) is 0 Å². The Labute approximate surface area is 145 Å². The third kappa shape index (κ3) is 5.37. The fourth-order valence-electron chi connectivity index (χ4n) is 2.41. The van der Waals surface area contributed by atoms with Crippen LogP contribution in [-0.2, 0) is 19.1 Å². The summed E-state index contributed by atoms with van der Waals surface area (Å²) in [6.07, 6.45) is -0.229. The number of ether oxygens (including phenoxy) is 2. The van der Waals surface area contributed by atoms with Crippen molar-refractivity contribution in [1.82, 2.24) is 0 Å². The van der Waals surface area contributed by atoms with E-state index >= 15 is 0 Å². The molecule has 0 spiro atoms. The average Bonchev–Trinajstić information content (AvgIpc) is 2.55. The second-order valence-electron chi connectivity index (χ2n) is 5.36. The Morgan fingerprint density at radius 3 is 2.08 bits per heavy atom. The molecule has 0 heterocycles. The molecule has 0 aliphatic heterocycles. The van der Waals surface area contributed by atoms with Crippen molar-refractivity contribution in [2.24, 2.45) is 11.8 Å². The second-order valence-corrected chi connectivity index (χ2v) is 5.36. The molecule has 136 valence electrons. The highest BCUT2D eigenvalue weighted by atomic mass is 16.6. The first-order valence-electron chi connectivity index (χ1n) is 7.93. The van der Waals surface area contributed by atoms with E-state index in [0.717, 1.165) is 0 Å². The lowest BCUT2D eigenvalue weighted by atomic mass is 9.87. The summed E-state index contributed by atoms with van der Waals surface area (Å²) in [6, 6.07) is 5.54. The molecule has 1 atom stereocenters. The van der Waals surface area contributed by atoms with Crippen molar-refractivity contribution < 1.29 is 28.8 Å². The van der Waals surface area contributed by atoms with Gasteiger partial charge in [-0.3, -0.25) is 24.5 Å². The fraction of sp³-hybridized carbons (Fsp3) is 0.471. The molecule has 0 N–H and O–H groups in total. The van der Waals surface area contributed by atoms with Crippen LogP contribution in [0.1, 0.15) is 37.6 Å². The Morgan fingerprint density at radius 2 is 1.60 bits per heavy atom. The zero-order chi connectivity index (χ0) is 19.0. The van der Waals surface area contributed by atoms with Crippen LogP contribution in [0.15, 0.2) is 24.3 Å². The summed E-state index contributed by atoms with van der Waals surface area (Å²) >= 11 is 0. The van der Waals surface area contributed by atoms with Gasteiger partial charge in [-0.25, -0.2) is 0 Å². The molecule has 0 amide bonds. The molecular weight excluding hydrogens is 330 g/mol. The number of carbonyl (C=O) groups is 3. The SMILES string of the molecule is CCOC(=O)C(C(=O)OCC)C(C)CC(=O)c1ccccc1[N+](=O)[O-]. The summed E-state index contributed by atoms with van der Waals surface area (Å²) in [5, 5.41) is 11.0. The predicted octanol–water partition coefficient (Wildman–Crippen LogP) is 2.55. The van der Waals surface area contributed by atoms with Gasteiger partial charge in [0.25, 0.3) is 5.69 Å². The number of hydrogen-bond acceptors (Lipinski definition) is 7. The fourth-order valence-corrected chi connectivity index (χ4v) is 2.41. The standard InChI is InChI=1S/C17H21NO7/c1-4-24-16(20)15(17(21)25-5-2)11(3)10-14(19)12-8-6-7-9-13(12)18(22)23/h6-9,11,15H,4-5,10H2,1-3H3. The number of ketones is 1. The average molecular weight is 351 g/mol.